The Bertz CT molecular complexity index is 683. The van der Waals surface area contributed by atoms with Crippen molar-refractivity contribution in [1.82, 2.24) is 9.55 Å². The van der Waals surface area contributed by atoms with Crippen molar-refractivity contribution in [3.05, 3.63) is 33.1 Å². The van der Waals surface area contributed by atoms with Gasteiger partial charge in [-0.2, -0.15) is 0 Å². The number of aliphatic hydroxyl groups excluding tert-OH is 1. The van der Waals surface area contributed by atoms with E-state index < -0.39 is 50.2 Å². The number of aliphatic hydroxyl groups is 1. The predicted octanol–water partition coefficient (Wildman–Crippen LogP) is -1.69. The highest BCUT2D eigenvalue weighted by Gasteiger charge is 2.57. The summed E-state index contributed by atoms with van der Waals surface area (Å²) in [5.41, 5.74) is -1.35. The third-order valence-corrected chi connectivity index (χ3v) is 4.12. The highest BCUT2D eigenvalue weighted by Crippen LogP contribution is 2.58. The topological polar surface area (TPSA) is 140 Å². The average molecular weight is 306 g/mol. The van der Waals surface area contributed by atoms with Crippen molar-refractivity contribution in [3.63, 3.8) is 0 Å². The molecular weight excluding hydrogens is 295 g/mol. The smallest absolute Gasteiger partial charge is 0.394 e. The van der Waals surface area contributed by atoms with Crippen molar-refractivity contribution in [2.75, 3.05) is 6.61 Å². The van der Waals surface area contributed by atoms with E-state index >= 15 is 0 Å². The maximum atomic E-state index is 11.7. The van der Waals surface area contributed by atoms with Crippen molar-refractivity contribution >= 4 is 7.82 Å². The van der Waals surface area contributed by atoms with Gasteiger partial charge in [-0.1, -0.05) is 0 Å². The lowest BCUT2D eigenvalue weighted by molar-refractivity contribution is -0.0624. The number of hydrogen-bond acceptors (Lipinski definition) is 7. The molecule has 0 radical (unpaired) electrons. The van der Waals surface area contributed by atoms with Gasteiger partial charge in [0.1, 0.15) is 18.3 Å². The molecule has 110 valence electrons. The van der Waals surface area contributed by atoms with E-state index in [1.54, 1.807) is 0 Å². The largest absolute Gasteiger partial charge is 0.473 e. The molecule has 5 atom stereocenters. The lowest BCUT2D eigenvalue weighted by Crippen LogP contribution is -2.36. The Labute approximate surface area is 111 Å². The van der Waals surface area contributed by atoms with E-state index in [1.165, 1.54) is 6.20 Å². The zero-order valence-electron chi connectivity index (χ0n) is 9.91. The fraction of sp³-hybridized carbons (Fsp3) is 0.556. The van der Waals surface area contributed by atoms with Crippen molar-refractivity contribution in [2.45, 2.75) is 24.5 Å². The maximum absolute atomic E-state index is 11.7. The molecule has 0 aromatic carbocycles. The minimum Gasteiger partial charge on any atom is -0.394 e. The SMILES string of the molecule is O=c1ccn([C@H]2O[C@@H](CO)C3OP(=O)(O)OC32)c(=O)[nH]1. The van der Waals surface area contributed by atoms with E-state index in [1.807, 2.05) is 4.98 Å². The van der Waals surface area contributed by atoms with E-state index in [9.17, 15) is 24.2 Å². The first-order chi connectivity index (χ1) is 9.41. The lowest BCUT2D eigenvalue weighted by Gasteiger charge is -2.18. The van der Waals surface area contributed by atoms with Crippen LogP contribution < -0.4 is 11.2 Å². The molecule has 3 N–H and O–H groups in total. The molecule has 0 spiro atoms. The van der Waals surface area contributed by atoms with Crippen LogP contribution in [0.1, 0.15) is 6.23 Å². The third kappa shape index (κ3) is 2.16. The standard InChI is InChI=1S/C9H11N2O8P/c12-3-4-6-7(19-20(15,16)18-6)8(17-4)11-2-1-5(13)10-9(11)14/h1-2,4,6-8,12H,3H2,(H,15,16)(H,10,13,14)/t4-,6?,7?,8-/m0/s1. The van der Waals surface area contributed by atoms with Gasteiger partial charge >= 0.3 is 13.5 Å². The second-order valence-corrected chi connectivity index (χ2v) is 5.73. The number of fused-ring (bicyclic) bond motifs is 1. The molecule has 2 saturated heterocycles. The molecule has 0 aliphatic carbocycles. The van der Waals surface area contributed by atoms with Gasteiger partial charge in [0, 0.05) is 12.3 Å². The maximum Gasteiger partial charge on any atom is 0.473 e. The van der Waals surface area contributed by atoms with Gasteiger partial charge < -0.3 is 14.7 Å². The third-order valence-electron chi connectivity index (χ3n) is 3.10. The number of aromatic nitrogens is 2. The molecule has 3 rings (SSSR count). The molecule has 2 aliphatic rings. The fourth-order valence-electron chi connectivity index (χ4n) is 2.28. The van der Waals surface area contributed by atoms with Crippen LogP contribution in [-0.2, 0) is 18.3 Å². The molecule has 11 heteroatoms. The quantitative estimate of drug-likeness (QED) is 0.550. The monoisotopic (exact) mass is 306 g/mol. The first-order valence-corrected chi connectivity index (χ1v) is 7.18. The first kappa shape index (κ1) is 13.7. The lowest BCUT2D eigenvalue weighted by atomic mass is 10.1. The van der Waals surface area contributed by atoms with Gasteiger partial charge in [-0.05, 0) is 0 Å². The van der Waals surface area contributed by atoms with Gasteiger partial charge in [0.25, 0.3) is 5.56 Å². The summed E-state index contributed by atoms with van der Waals surface area (Å²) in [5.74, 6) is 0. The molecule has 2 fully saturated rings. The molecular formula is C9H11N2O8P. The Hall–Kier alpha value is -1.29. The molecule has 2 aliphatic heterocycles. The normalized spacial score (nSPS) is 39.9. The first-order valence-electron chi connectivity index (χ1n) is 5.69. The van der Waals surface area contributed by atoms with E-state index in [-0.39, 0.29) is 0 Å². The zero-order chi connectivity index (χ0) is 14.5. The van der Waals surface area contributed by atoms with Crippen LogP contribution in [0.3, 0.4) is 0 Å². The Morgan fingerprint density at radius 2 is 2.05 bits per heavy atom. The summed E-state index contributed by atoms with van der Waals surface area (Å²) >= 11 is 0. The predicted molar refractivity (Wildman–Crippen MR) is 61.9 cm³/mol. The average Bonchev–Trinajstić information content (AvgIpc) is 2.83. The van der Waals surface area contributed by atoms with Crippen LogP contribution in [0, 0.1) is 0 Å². The zero-order valence-corrected chi connectivity index (χ0v) is 10.8. The molecule has 1 aromatic heterocycles. The minimum absolute atomic E-state index is 0.473. The van der Waals surface area contributed by atoms with Crippen LogP contribution >= 0.6 is 7.82 Å². The molecule has 0 saturated carbocycles. The van der Waals surface area contributed by atoms with Gasteiger partial charge in [-0.15, -0.1) is 0 Å². The molecule has 10 nitrogen and oxygen atoms in total. The van der Waals surface area contributed by atoms with Gasteiger partial charge in [0.15, 0.2) is 6.23 Å². The summed E-state index contributed by atoms with van der Waals surface area (Å²) < 4.78 is 27.5. The van der Waals surface area contributed by atoms with Crippen LogP contribution in [0.2, 0.25) is 0 Å². The Morgan fingerprint density at radius 3 is 2.70 bits per heavy atom. The number of phosphoric ester groups is 1. The number of hydrogen-bond donors (Lipinski definition) is 3. The summed E-state index contributed by atoms with van der Waals surface area (Å²) in [4.78, 5) is 34.1. The number of phosphoric acid groups is 1. The molecule has 0 amide bonds. The number of H-pyrrole nitrogens is 1. The number of nitrogens with zero attached hydrogens (tertiary/aromatic N) is 1. The van der Waals surface area contributed by atoms with Crippen molar-refractivity contribution < 1.29 is 28.3 Å². The number of ether oxygens (including phenoxy) is 1. The van der Waals surface area contributed by atoms with E-state index in [4.69, 9.17) is 13.8 Å². The fourth-order valence-corrected chi connectivity index (χ4v) is 3.42. The van der Waals surface area contributed by atoms with Crippen molar-refractivity contribution in [3.8, 4) is 0 Å². The summed E-state index contributed by atoms with van der Waals surface area (Å²) in [7, 11) is -4.23. The summed E-state index contributed by atoms with van der Waals surface area (Å²) in [5, 5.41) is 9.18. The molecule has 1 aromatic rings. The second kappa shape index (κ2) is 4.62. The van der Waals surface area contributed by atoms with Crippen LogP contribution in [0.5, 0.6) is 0 Å². The van der Waals surface area contributed by atoms with Gasteiger partial charge in [-0.3, -0.25) is 23.4 Å². The van der Waals surface area contributed by atoms with Crippen molar-refractivity contribution in [1.29, 1.82) is 0 Å². The van der Waals surface area contributed by atoms with Crippen LogP contribution in [0.4, 0.5) is 0 Å². The van der Waals surface area contributed by atoms with Crippen LogP contribution in [0.25, 0.3) is 0 Å². The highest BCUT2D eigenvalue weighted by molar-refractivity contribution is 7.47. The number of rotatable bonds is 2. The number of aromatic amines is 1. The second-order valence-electron chi connectivity index (χ2n) is 4.37. The van der Waals surface area contributed by atoms with E-state index in [0.717, 1.165) is 10.6 Å². The van der Waals surface area contributed by atoms with Crippen LogP contribution in [-0.4, -0.2) is 44.5 Å². The van der Waals surface area contributed by atoms with Gasteiger partial charge in [0.2, 0.25) is 0 Å². The van der Waals surface area contributed by atoms with Crippen LogP contribution in [0.15, 0.2) is 21.9 Å². The van der Waals surface area contributed by atoms with Crippen molar-refractivity contribution in [2.24, 2.45) is 0 Å². The van der Waals surface area contributed by atoms with E-state index in [0.29, 0.717) is 0 Å². The Morgan fingerprint density at radius 1 is 1.35 bits per heavy atom. The molecule has 3 unspecified atom stereocenters. The Kier molecular flexibility index (Phi) is 3.16. The summed E-state index contributed by atoms with van der Waals surface area (Å²) in [6.45, 7) is -0.473. The van der Waals surface area contributed by atoms with Gasteiger partial charge in [0.05, 0.1) is 6.61 Å². The Balaban J connectivity index is 2.00. The number of nitrogens with one attached hydrogen (secondary N) is 1. The molecule has 3 heterocycles. The molecule has 20 heavy (non-hydrogen) atoms. The minimum atomic E-state index is -4.23. The molecule has 0 bridgehead atoms. The van der Waals surface area contributed by atoms with Gasteiger partial charge in [-0.25, -0.2) is 9.36 Å². The van der Waals surface area contributed by atoms with E-state index in [2.05, 4.69) is 0 Å². The highest BCUT2D eigenvalue weighted by atomic mass is 31.2. The summed E-state index contributed by atoms with van der Waals surface area (Å²) in [6, 6.07) is 1.10. The summed E-state index contributed by atoms with van der Waals surface area (Å²) in [6.07, 6.45) is -2.82.